The average Bonchev–Trinajstić information content (AvgIpc) is 2.52. The summed E-state index contributed by atoms with van der Waals surface area (Å²) in [5.41, 5.74) is 0. The van der Waals surface area contributed by atoms with Crippen molar-refractivity contribution in [3.63, 3.8) is 0 Å². The minimum absolute atomic E-state index is 0.118. The van der Waals surface area contributed by atoms with Gasteiger partial charge < -0.3 is 4.74 Å². The van der Waals surface area contributed by atoms with E-state index in [-0.39, 0.29) is 12.0 Å². The van der Waals surface area contributed by atoms with Crippen LogP contribution in [0.15, 0.2) is 0 Å². The fraction of sp³-hybridized carbons (Fsp3) is 0.875. The van der Waals surface area contributed by atoms with Crippen LogP contribution in [-0.2, 0) is 9.53 Å². The summed E-state index contributed by atoms with van der Waals surface area (Å²) in [4.78, 5) is 10.7. The highest BCUT2D eigenvalue weighted by molar-refractivity contribution is 5.68. The van der Waals surface area contributed by atoms with Crippen molar-refractivity contribution in [1.82, 2.24) is 5.32 Å². The summed E-state index contributed by atoms with van der Waals surface area (Å²) in [5, 5.41) is 4.26. The van der Waals surface area contributed by atoms with Gasteiger partial charge in [0.15, 0.2) is 0 Å². The molecule has 1 heterocycles. The first kappa shape index (κ1) is 8.53. The number of nitrogens with zero attached hydrogens (tertiary/aromatic N) is 1. The molecule has 1 rings (SSSR count). The lowest BCUT2D eigenvalue weighted by atomic mass is 10.2. The van der Waals surface area contributed by atoms with E-state index in [4.69, 9.17) is 4.74 Å². The Kier molecular flexibility index (Phi) is 3.36. The van der Waals surface area contributed by atoms with E-state index < -0.39 is 0 Å². The molecule has 0 aromatic rings. The molecule has 1 saturated heterocycles. The van der Waals surface area contributed by atoms with Crippen LogP contribution in [0.3, 0.4) is 0 Å². The van der Waals surface area contributed by atoms with Crippen molar-refractivity contribution in [2.45, 2.75) is 32.2 Å². The molecule has 0 aromatic carbocycles. The summed E-state index contributed by atoms with van der Waals surface area (Å²) in [6.45, 7) is 3.23. The zero-order chi connectivity index (χ0) is 8.10. The van der Waals surface area contributed by atoms with Crippen LogP contribution in [0.2, 0.25) is 0 Å². The number of rotatable bonds is 3. The van der Waals surface area contributed by atoms with Crippen molar-refractivity contribution >= 4 is 5.97 Å². The van der Waals surface area contributed by atoms with Crippen molar-refractivity contribution < 1.29 is 9.53 Å². The quantitative estimate of drug-likeness (QED) is 0.564. The number of hydrogen-bond donors (Lipinski definition) is 0. The zero-order valence-electron chi connectivity index (χ0n) is 6.88. The molecule has 1 aliphatic rings. The maximum Gasteiger partial charge on any atom is 0.305 e. The third kappa shape index (κ3) is 2.89. The summed E-state index contributed by atoms with van der Waals surface area (Å²) in [6, 6.07) is 0.283. The number of esters is 1. The van der Waals surface area contributed by atoms with Crippen molar-refractivity contribution in [2.24, 2.45) is 0 Å². The molecule has 1 unspecified atom stereocenters. The van der Waals surface area contributed by atoms with Gasteiger partial charge in [0.1, 0.15) is 6.61 Å². The normalized spacial score (nSPS) is 23.5. The first-order valence-corrected chi connectivity index (χ1v) is 4.15. The first-order chi connectivity index (χ1) is 5.33. The lowest BCUT2D eigenvalue weighted by Crippen LogP contribution is -2.22. The molecule has 0 saturated carbocycles. The second kappa shape index (κ2) is 4.34. The lowest BCUT2D eigenvalue weighted by molar-refractivity contribution is -0.143. The van der Waals surface area contributed by atoms with Gasteiger partial charge in [-0.05, 0) is 12.8 Å². The molecule has 0 bridgehead atoms. The highest BCUT2D eigenvalue weighted by Crippen LogP contribution is 2.07. The van der Waals surface area contributed by atoms with Gasteiger partial charge in [-0.2, -0.15) is 0 Å². The van der Waals surface area contributed by atoms with Crippen LogP contribution in [0, 0.1) is 0 Å². The highest BCUT2D eigenvalue weighted by Gasteiger charge is 2.16. The average molecular weight is 156 g/mol. The van der Waals surface area contributed by atoms with Crippen LogP contribution in [0.4, 0.5) is 0 Å². The lowest BCUT2D eigenvalue weighted by Gasteiger charge is -2.08. The SMILES string of the molecule is CCC(=O)OCC1CCC[N]1. The van der Waals surface area contributed by atoms with Gasteiger partial charge in [0.2, 0.25) is 0 Å². The second-order valence-corrected chi connectivity index (χ2v) is 2.74. The van der Waals surface area contributed by atoms with Crippen LogP contribution >= 0.6 is 0 Å². The van der Waals surface area contributed by atoms with E-state index in [1.165, 1.54) is 0 Å². The van der Waals surface area contributed by atoms with Gasteiger partial charge in [0.05, 0.1) is 6.04 Å². The molecule has 0 aromatic heterocycles. The Balaban J connectivity index is 2.06. The predicted molar refractivity (Wildman–Crippen MR) is 41.3 cm³/mol. The molecule has 0 aliphatic carbocycles. The van der Waals surface area contributed by atoms with E-state index in [0.717, 1.165) is 19.4 Å². The smallest absolute Gasteiger partial charge is 0.305 e. The molecule has 1 atom stereocenters. The Bertz CT molecular complexity index is 130. The van der Waals surface area contributed by atoms with Crippen molar-refractivity contribution in [1.29, 1.82) is 0 Å². The maximum atomic E-state index is 10.7. The van der Waals surface area contributed by atoms with Gasteiger partial charge in [-0.3, -0.25) is 4.79 Å². The van der Waals surface area contributed by atoms with E-state index in [1.807, 2.05) is 0 Å². The van der Waals surface area contributed by atoms with Gasteiger partial charge in [0.25, 0.3) is 0 Å². The topological polar surface area (TPSA) is 40.4 Å². The Morgan fingerprint density at radius 1 is 1.73 bits per heavy atom. The molecular formula is C8H14NO2. The fourth-order valence-corrected chi connectivity index (χ4v) is 1.12. The van der Waals surface area contributed by atoms with Gasteiger partial charge in [-0.25, -0.2) is 5.32 Å². The number of hydrogen-bond acceptors (Lipinski definition) is 2. The molecule has 11 heavy (non-hydrogen) atoms. The highest BCUT2D eigenvalue weighted by atomic mass is 16.5. The fourth-order valence-electron chi connectivity index (χ4n) is 1.12. The van der Waals surface area contributed by atoms with Gasteiger partial charge in [-0.15, -0.1) is 0 Å². The summed E-state index contributed by atoms with van der Waals surface area (Å²) >= 11 is 0. The molecule has 0 amide bonds. The molecule has 1 fully saturated rings. The Morgan fingerprint density at radius 2 is 2.55 bits per heavy atom. The summed E-state index contributed by atoms with van der Waals surface area (Å²) in [5.74, 6) is -0.118. The van der Waals surface area contributed by atoms with E-state index in [9.17, 15) is 4.79 Å². The van der Waals surface area contributed by atoms with Crippen LogP contribution in [0.1, 0.15) is 26.2 Å². The summed E-state index contributed by atoms with van der Waals surface area (Å²) < 4.78 is 4.94. The molecule has 63 valence electrons. The third-order valence-corrected chi connectivity index (χ3v) is 1.81. The van der Waals surface area contributed by atoms with Crippen molar-refractivity contribution in [3.05, 3.63) is 0 Å². The second-order valence-electron chi connectivity index (χ2n) is 2.74. The monoisotopic (exact) mass is 156 g/mol. The number of carbonyl (C=O) groups is 1. The van der Waals surface area contributed by atoms with Gasteiger partial charge in [0, 0.05) is 13.0 Å². The van der Waals surface area contributed by atoms with E-state index in [2.05, 4.69) is 5.32 Å². The Morgan fingerprint density at radius 3 is 3.09 bits per heavy atom. The molecule has 3 nitrogen and oxygen atoms in total. The van der Waals surface area contributed by atoms with Gasteiger partial charge in [-0.1, -0.05) is 6.92 Å². The van der Waals surface area contributed by atoms with Crippen LogP contribution < -0.4 is 5.32 Å². The Hall–Kier alpha value is -0.570. The van der Waals surface area contributed by atoms with Crippen molar-refractivity contribution in [3.8, 4) is 0 Å². The van der Waals surface area contributed by atoms with Crippen LogP contribution in [0.5, 0.6) is 0 Å². The minimum atomic E-state index is -0.118. The minimum Gasteiger partial charge on any atom is -0.464 e. The molecular weight excluding hydrogens is 142 g/mol. The predicted octanol–water partition coefficient (Wildman–Crippen LogP) is 0.706. The standard InChI is InChI=1S/C8H14NO2/c1-2-8(10)11-6-7-4-3-5-9-7/h7H,2-6H2,1H3. The summed E-state index contributed by atoms with van der Waals surface area (Å²) in [6.07, 6.45) is 2.69. The molecule has 0 spiro atoms. The Labute approximate surface area is 67.1 Å². The molecule has 1 aliphatic heterocycles. The van der Waals surface area contributed by atoms with E-state index >= 15 is 0 Å². The third-order valence-electron chi connectivity index (χ3n) is 1.81. The number of ether oxygens (including phenoxy) is 1. The molecule has 0 N–H and O–H groups in total. The van der Waals surface area contributed by atoms with E-state index in [0.29, 0.717) is 13.0 Å². The molecule has 1 radical (unpaired) electrons. The van der Waals surface area contributed by atoms with Crippen molar-refractivity contribution in [2.75, 3.05) is 13.2 Å². The number of carbonyl (C=O) groups excluding carboxylic acids is 1. The van der Waals surface area contributed by atoms with Gasteiger partial charge >= 0.3 is 5.97 Å². The first-order valence-electron chi connectivity index (χ1n) is 4.15. The largest absolute Gasteiger partial charge is 0.464 e. The van der Waals surface area contributed by atoms with E-state index in [1.54, 1.807) is 6.92 Å². The zero-order valence-corrected chi connectivity index (χ0v) is 6.88. The van der Waals surface area contributed by atoms with Crippen LogP contribution in [-0.4, -0.2) is 25.2 Å². The molecule has 3 heteroatoms. The summed E-state index contributed by atoms with van der Waals surface area (Å²) in [7, 11) is 0. The van der Waals surface area contributed by atoms with Crippen LogP contribution in [0.25, 0.3) is 0 Å². The maximum absolute atomic E-state index is 10.7.